The zero-order chi connectivity index (χ0) is 13.7. The van der Waals surface area contributed by atoms with E-state index in [9.17, 15) is 13.6 Å². The molecule has 0 aliphatic rings. The molecule has 0 fully saturated rings. The van der Waals surface area contributed by atoms with Gasteiger partial charge in [0, 0.05) is 0 Å². The van der Waals surface area contributed by atoms with Crippen molar-refractivity contribution in [2.75, 3.05) is 6.61 Å². The molecule has 5 heteroatoms. The number of aromatic nitrogens is 1. The lowest BCUT2D eigenvalue weighted by Crippen LogP contribution is -2.12. The molecule has 0 saturated carbocycles. The number of hydrogen-bond acceptors (Lipinski definition) is 3. The molecule has 19 heavy (non-hydrogen) atoms. The number of ketones is 1. The first-order valence-corrected chi connectivity index (χ1v) is 5.64. The Labute approximate surface area is 108 Å². The van der Waals surface area contributed by atoms with E-state index in [1.54, 1.807) is 0 Å². The SMILES string of the molecule is O=C(COCc1ccccc1)c1ccc(F)nc1F. The number of ether oxygens (including phenoxy) is 1. The Morgan fingerprint density at radius 1 is 1.11 bits per heavy atom. The number of halogens is 2. The Balaban J connectivity index is 1.91. The van der Waals surface area contributed by atoms with Crippen molar-refractivity contribution in [2.45, 2.75) is 6.61 Å². The number of pyridine rings is 1. The predicted octanol–water partition coefficient (Wildman–Crippen LogP) is 2.76. The van der Waals surface area contributed by atoms with E-state index >= 15 is 0 Å². The molecule has 0 spiro atoms. The Morgan fingerprint density at radius 3 is 2.53 bits per heavy atom. The summed E-state index contributed by atoms with van der Waals surface area (Å²) < 4.78 is 31.0. The predicted molar refractivity (Wildman–Crippen MR) is 64.6 cm³/mol. The van der Waals surface area contributed by atoms with E-state index in [2.05, 4.69) is 4.98 Å². The van der Waals surface area contributed by atoms with Crippen molar-refractivity contribution < 1.29 is 18.3 Å². The fourth-order valence-electron chi connectivity index (χ4n) is 1.53. The van der Waals surface area contributed by atoms with Crippen molar-refractivity contribution in [3.8, 4) is 0 Å². The van der Waals surface area contributed by atoms with Gasteiger partial charge < -0.3 is 4.74 Å². The normalized spacial score (nSPS) is 10.4. The van der Waals surface area contributed by atoms with E-state index in [4.69, 9.17) is 4.74 Å². The average molecular weight is 263 g/mol. The van der Waals surface area contributed by atoms with Crippen molar-refractivity contribution in [3.63, 3.8) is 0 Å². The number of carbonyl (C=O) groups excluding carboxylic acids is 1. The lowest BCUT2D eigenvalue weighted by Gasteiger charge is -2.04. The summed E-state index contributed by atoms with van der Waals surface area (Å²) in [5.74, 6) is -2.64. The van der Waals surface area contributed by atoms with Crippen LogP contribution in [0.3, 0.4) is 0 Å². The molecule has 0 radical (unpaired) electrons. The summed E-state index contributed by atoms with van der Waals surface area (Å²) in [5.41, 5.74) is 0.641. The minimum absolute atomic E-state index is 0.253. The van der Waals surface area contributed by atoms with Gasteiger partial charge in [0.2, 0.25) is 11.9 Å². The Bertz CT molecular complexity index is 573. The molecule has 0 N–H and O–H groups in total. The minimum Gasteiger partial charge on any atom is -0.369 e. The van der Waals surface area contributed by atoms with Gasteiger partial charge in [-0.15, -0.1) is 0 Å². The fourth-order valence-corrected chi connectivity index (χ4v) is 1.53. The van der Waals surface area contributed by atoms with E-state index in [1.807, 2.05) is 30.3 Å². The Morgan fingerprint density at radius 2 is 1.84 bits per heavy atom. The number of hydrogen-bond donors (Lipinski definition) is 0. The lowest BCUT2D eigenvalue weighted by molar-refractivity contribution is 0.0721. The first-order valence-electron chi connectivity index (χ1n) is 5.64. The molecule has 0 saturated heterocycles. The number of benzene rings is 1. The van der Waals surface area contributed by atoms with Crippen LogP contribution in [-0.4, -0.2) is 17.4 Å². The van der Waals surface area contributed by atoms with Gasteiger partial charge >= 0.3 is 0 Å². The van der Waals surface area contributed by atoms with Crippen LogP contribution >= 0.6 is 0 Å². The maximum atomic E-state index is 13.2. The average Bonchev–Trinajstić information content (AvgIpc) is 2.39. The van der Waals surface area contributed by atoms with Gasteiger partial charge in [0.05, 0.1) is 12.2 Å². The second-order valence-corrected chi connectivity index (χ2v) is 3.87. The highest BCUT2D eigenvalue weighted by Crippen LogP contribution is 2.08. The first-order chi connectivity index (χ1) is 9.16. The topological polar surface area (TPSA) is 39.2 Å². The van der Waals surface area contributed by atoms with Crippen LogP contribution in [0.25, 0.3) is 0 Å². The molecule has 0 aliphatic heterocycles. The molecule has 98 valence electrons. The summed E-state index contributed by atoms with van der Waals surface area (Å²) in [5, 5.41) is 0. The smallest absolute Gasteiger partial charge is 0.226 e. The third-order valence-corrected chi connectivity index (χ3v) is 2.46. The van der Waals surface area contributed by atoms with Crippen molar-refractivity contribution in [1.82, 2.24) is 4.98 Å². The number of Topliss-reactive ketones (excluding diaryl/α,β-unsaturated/α-hetero) is 1. The zero-order valence-corrected chi connectivity index (χ0v) is 9.98. The molecule has 0 aliphatic carbocycles. The molecular weight excluding hydrogens is 252 g/mol. The second kappa shape index (κ2) is 6.15. The number of nitrogens with zero attached hydrogens (tertiary/aromatic N) is 1. The van der Waals surface area contributed by atoms with E-state index in [0.29, 0.717) is 0 Å². The summed E-state index contributed by atoms with van der Waals surface area (Å²) >= 11 is 0. The van der Waals surface area contributed by atoms with Crippen LogP contribution in [0, 0.1) is 11.9 Å². The lowest BCUT2D eigenvalue weighted by atomic mass is 10.2. The summed E-state index contributed by atoms with van der Waals surface area (Å²) in [7, 11) is 0. The van der Waals surface area contributed by atoms with Gasteiger partial charge in [-0.25, -0.2) is 0 Å². The standard InChI is InChI=1S/C14H11F2NO2/c15-13-7-6-11(14(16)17-13)12(18)9-19-8-10-4-2-1-3-5-10/h1-7H,8-9H2. The summed E-state index contributed by atoms with van der Waals surface area (Å²) in [6, 6.07) is 11.3. The van der Waals surface area contributed by atoms with Crippen LogP contribution in [0.5, 0.6) is 0 Å². The van der Waals surface area contributed by atoms with Crippen molar-refractivity contribution in [1.29, 1.82) is 0 Å². The largest absolute Gasteiger partial charge is 0.369 e. The molecule has 2 rings (SSSR count). The van der Waals surface area contributed by atoms with Crippen LogP contribution in [0.4, 0.5) is 8.78 Å². The summed E-state index contributed by atoms with van der Waals surface area (Å²) in [4.78, 5) is 14.6. The van der Waals surface area contributed by atoms with Gasteiger partial charge in [0.25, 0.3) is 0 Å². The monoisotopic (exact) mass is 263 g/mol. The van der Waals surface area contributed by atoms with Crippen LogP contribution < -0.4 is 0 Å². The highest BCUT2D eigenvalue weighted by Gasteiger charge is 2.13. The molecule has 1 aromatic carbocycles. The van der Waals surface area contributed by atoms with Gasteiger partial charge in [-0.2, -0.15) is 13.8 Å². The Kier molecular flexibility index (Phi) is 4.30. The number of carbonyl (C=O) groups is 1. The van der Waals surface area contributed by atoms with Crippen LogP contribution in [0.2, 0.25) is 0 Å². The van der Waals surface area contributed by atoms with Gasteiger partial charge in [0.1, 0.15) is 6.61 Å². The van der Waals surface area contributed by atoms with Gasteiger partial charge in [-0.1, -0.05) is 30.3 Å². The van der Waals surface area contributed by atoms with Gasteiger partial charge in [0.15, 0.2) is 5.78 Å². The molecule has 1 aromatic heterocycles. The highest BCUT2D eigenvalue weighted by atomic mass is 19.1. The van der Waals surface area contributed by atoms with Crippen molar-refractivity contribution in [2.24, 2.45) is 0 Å². The van der Waals surface area contributed by atoms with Crippen LogP contribution in [0.1, 0.15) is 15.9 Å². The summed E-state index contributed by atoms with van der Waals surface area (Å²) in [6.07, 6.45) is 0. The van der Waals surface area contributed by atoms with E-state index < -0.39 is 17.7 Å². The zero-order valence-electron chi connectivity index (χ0n) is 9.98. The van der Waals surface area contributed by atoms with E-state index in [1.165, 1.54) is 0 Å². The van der Waals surface area contributed by atoms with Crippen molar-refractivity contribution in [3.05, 3.63) is 65.5 Å². The Hall–Kier alpha value is -2.14. The van der Waals surface area contributed by atoms with Crippen LogP contribution in [-0.2, 0) is 11.3 Å². The van der Waals surface area contributed by atoms with Gasteiger partial charge in [-0.05, 0) is 17.7 Å². The molecule has 2 aromatic rings. The maximum Gasteiger partial charge on any atom is 0.226 e. The molecule has 1 heterocycles. The van der Waals surface area contributed by atoms with Crippen LogP contribution in [0.15, 0.2) is 42.5 Å². The fraction of sp³-hybridized carbons (Fsp3) is 0.143. The molecule has 0 bridgehead atoms. The van der Waals surface area contributed by atoms with Crippen molar-refractivity contribution >= 4 is 5.78 Å². The maximum absolute atomic E-state index is 13.2. The van der Waals surface area contributed by atoms with Gasteiger partial charge in [-0.3, -0.25) is 4.79 Å². The second-order valence-electron chi connectivity index (χ2n) is 3.87. The molecule has 0 unspecified atom stereocenters. The highest BCUT2D eigenvalue weighted by molar-refractivity contribution is 5.96. The molecular formula is C14H11F2NO2. The molecule has 3 nitrogen and oxygen atoms in total. The van der Waals surface area contributed by atoms with E-state index in [-0.39, 0.29) is 18.8 Å². The van der Waals surface area contributed by atoms with E-state index in [0.717, 1.165) is 17.7 Å². The third-order valence-electron chi connectivity index (χ3n) is 2.46. The first kappa shape index (κ1) is 13.3. The molecule has 0 atom stereocenters. The molecule has 0 amide bonds. The summed E-state index contributed by atoms with van der Waals surface area (Å²) in [6.45, 7) is -0.0258. The third kappa shape index (κ3) is 3.66. The quantitative estimate of drug-likeness (QED) is 0.615. The number of rotatable bonds is 5. The minimum atomic E-state index is -1.12.